The van der Waals surface area contributed by atoms with E-state index in [0.717, 1.165) is 48.3 Å². The molecule has 1 aliphatic heterocycles. The van der Waals surface area contributed by atoms with Crippen LogP contribution in [0.15, 0.2) is 47.3 Å². The van der Waals surface area contributed by atoms with Gasteiger partial charge in [-0.05, 0) is 48.8 Å². The van der Waals surface area contributed by atoms with Crippen LogP contribution >= 0.6 is 23.2 Å². The third-order valence-corrected chi connectivity index (χ3v) is 8.67. The van der Waals surface area contributed by atoms with Crippen molar-refractivity contribution in [3.05, 3.63) is 69.8 Å². The second kappa shape index (κ2) is 9.24. The van der Waals surface area contributed by atoms with E-state index < -0.39 is 5.97 Å². The predicted molar refractivity (Wildman–Crippen MR) is 149 cm³/mol. The number of pyridine rings is 2. The van der Waals surface area contributed by atoms with Crippen molar-refractivity contribution in [2.75, 3.05) is 25.1 Å². The SMILES string of the molecule is COc1cc(C(=O)O)nc2ccc(N3CC4C(/C=C/c5c(-c6c(Cl)cncc6Cl)noc5C5CC5)C4C3)cc12. The van der Waals surface area contributed by atoms with Gasteiger partial charge in [0.2, 0.25) is 0 Å². The van der Waals surface area contributed by atoms with Gasteiger partial charge in [0.05, 0.1) is 22.7 Å². The van der Waals surface area contributed by atoms with Gasteiger partial charge in [-0.2, -0.15) is 0 Å². The normalized spacial score (nSPS) is 22.0. The number of nitrogens with zero attached hydrogens (tertiary/aromatic N) is 4. The second-order valence-electron chi connectivity index (χ2n) is 10.4. The van der Waals surface area contributed by atoms with Crippen molar-refractivity contribution in [3.8, 4) is 17.0 Å². The highest BCUT2D eigenvalue weighted by atomic mass is 35.5. The van der Waals surface area contributed by atoms with Crippen molar-refractivity contribution in [3.63, 3.8) is 0 Å². The number of carboxylic acids is 1. The summed E-state index contributed by atoms with van der Waals surface area (Å²) in [5, 5.41) is 15.4. The van der Waals surface area contributed by atoms with Crippen molar-refractivity contribution in [2.45, 2.75) is 18.8 Å². The molecule has 1 N–H and O–H groups in total. The Hall–Kier alpha value is -3.62. The molecular weight excluding hydrogens is 539 g/mol. The number of piperidine rings is 1. The van der Waals surface area contributed by atoms with E-state index in [1.165, 1.54) is 6.07 Å². The first kappa shape index (κ1) is 24.4. The van der Waals surface area contributed by atoms with Crippen LogP contribution in [0.25, 0.3) is 28.2 Å². The number of methoxy groups -OCH3 is 1. The second-order valence-corrected chi connectivity index (χ2v) is 11.3. The number of aromatic nitrogens is 3. The van der Waals surface area contributed by atoms with Crippen molar-refractivity contribution in [1.82, 2.24) is 15.1 Å². The first-order chi connectivity index (χ1) is 18.9. The number of hydrogen-bond donors (Lipinski definition) is 1. The minimum atomic E-state index is -1.08. The van der Waals surface area contributed by atoms with Crippen molar-refractivity contribution in [1.29, 1.82) is 0 Å². The lowest BCUT2D eigenvalue weighted by Gasteiger charge is -2.22. The Bertz CT molecular complexity index is 1630. The minimum absolute atomic E-state index is 0.0292. The number of ether oxygens (including phenoxy) is 1. The quantitative estimate of drug-likeness (QED) is 0.269. The summed E-state index contributed by atoms with van der Waals surface area (Å²) in [6, 6.07) is 7.38. The van der Waals surface area contributed by atoms with Crippen molar-refractivity contribution < 1.29 is 19.2 Å². The topological polar surface area (TPSA) is 102 Å². The molecule has 3 aliphatic rings. The number of hydrogen-bond acceptors (Lipinski definition) is 7. The number of halogens is 2. The number of allylic oxidation sites excluding steroid dienone is 1. The zero-order valence-corrected chi connectivity index (χ0v) is 22.5. The maximum Gasteiger partial charge on any atom is 0.354 e. The maximum absolute atomic E-state index is 11.4. The molecule has 0 spiro atoms. The van der Waals surface area contributed by atoms with Gasteiger partial charge in [-0.15, -0.1) is 0 Å². The Kier molecular flexibility index (Phi) is 5.79. The van der Waals surface area contributed by atoms with E-state index in [4.69, 9.17) is 32.5 Å². The molecule has 0 bridgehead atoms. The predicted octanol–water partition coefficient (Wildman–Crippen LogP) is 6.57. The summed E-state index contributed by atoms with van der Waals surface area (Å²) in [4.78, 5) is 22.1. The molecule has 39 heavy (non-hydrogen) atoms. The Morgan fingerprint density at radius 3 is 2.56 bits per heavy atom. The van der Waals surface area contributed by atoms with Crippen LogP contribution in [-0.2, 0) is 0 Å². The molecular formula is C29H24Cl2N4O4. The molecule has 10 heteroatoms. The summed E-state index contributed by atoms with van der Waals surface area (Å²) in [5.41, 5.74) is 3.94. The Labute approximate surface area is 234 Å². The van der Waals surface area contributed by atoms with Crippen LogP contribution < -0.4 is 9.64 Å². The smallest absolute Gasteiger partial charge is 0.354 e. The molecule has 3 fully saturated rings. The van der Waals surface area contributed by atoms with Crippen molar-refractivity contribution in [2.24, 2.45) is 17.8 Å². The van der Waals surface area contributed by atoms with Gasteiger partial charge in [0.1, 0.15) is 17.2 Å². The molecule has 0 radical (unpaired) electrons. The summed E-state index contributed by atoms with van der Waals surface area (Å²) >= 11 is 12.9. The number of carbonyl (C=O) groups is 1. The van der Waals surface area contributed by atoms with Gasteiger partial charge >= 0.3 is 5.97 Å². The fourth-order valence-corrected chi connectivity index (χ4v) is 6.41. The number of fused-ring (bicyclic) bond motifs is 2. The fraction of sp³-hybridized carbons (Fsp3) is 0.310. The van der Waals surface area contributed by atoms with Crippen LogP contribution in [0.5, 0.6) is 5.75 Å². The zero-order valence-electron chi connectivity index (χ0n) is 21.0. The van der Waals surface area contributed by atoms with E-state index in [-0.39, 0.29) is 5.69 Å². The molecule has 2 aliphatic carbocycles. The third-order valence-electron chi connectivity index (χ3n) is 8.10. The van der Waals surface area contributed by atoms with Gasteiger partial charge in [0.25, 0.3) is 0 Å². The van der Waals surface area contributed by atoms with E-state index in [2.05, 4.69) is 32.2 Å². The van der Waals surface area contributed by atoms with Crippen LogP contribution in [-0.4, -0.2) is 46.4 Å². The summed E-state index contributed by atoms with van der Waals surface area (Å²) < 4.78 is 11.3. The van der Waals surface area contributed by atoms with Gasteiger partial charge < -0.3 is 19.3 Å². The molecule has 0 amide bonds. The Morgan fingerprint density at radius 1 is 1.15 bits per heavy atom. The molecule has 4 heterocycles. The first-order valence-electron chi connectivity index (χ1n) is 12.9. The molecule has 2 atom stereocenters. The molecule has 3 aromatic heterocycles. The Morgan fingerprint density at radius 2 is 1.90 bits per heavy atom. The van der Waals surface area contributed by atoms with E-state index >= 15 is 0 Å². The van der Waals surface area contributed by atoms with Crippen LogP contribution in [0.3, 0.4) is 0 Å². The maximum atomic E-state index is 11.4. The molecule has 7 rings (SSSR count). The Balaban J connectivity index is 1.11. The van der Waals surface area contributed by atoms with Crippen LogP contribution in [0.4, 0.5) is 5.69 Å². The zero-order chi connectivity index (χ0) is 26.8. The van der Waals surface area contributed by atoms with Gasteiger partial charge in [0.15, 0.2) is 5.69 Å². The standard InChI is InChI=1S/C29H24Cl2N4O4/c1-38-25-9-24(29(36)37)33-23-7-4-15(8-18(23)25)35-12-19-16(20(19)13-35)5-6-17-27(34-39-28(17)14-2-3-14)26-21(30)10-32-11-22(26)31/h4-11,14,16,19-20H,2-3,12-13H2,1H3,(H,36,37)/b6-5+. The van der Waals surface area contributed by atoms with E-state index in [1.54, 1.807) is 19.5 Å². The number of aromatic carboxylic acids is 1. The highest BCUT2D eigenvalue weighted by molar-refractivity contribution is 6.39. The lowest BCUT2D eigenvalue weighted by molar-refractivity contribution is 0.0690. The highest BCUT2D eigenvalue weighted by Crippen LogP contribution is 2.54. The number of rotatable bonds is 7. The van der Waals surface area contributed by atoms with Gasteiger partial charge in [0, 0.05) is 59.7 Å². The summed E-state index contributed by atoms with van der Waals surface area (Å²) in [7, 11) is 1.54. The monoisotopic (exact) mass is 562 g/mol. The average Bonchev–Trinajstić information content (AvgIpc) is 3.79. The largest absolute Gasteiger partial charge is 0.496 e. The van der Waals surface area contributed by atoms with E-state index in [9.17, 15) is 9.90 Å². The van der Waals surface area contributed by atoms with Crippen LogP contribution in [0, 0.1) is 17.8 Å². The van der Waals surface area contributed by atoms with Gasteiger partial charge in [-0.1, -0.05) is 40.5 Å². The fourth-order valence-electron chi connectivity index (χ4n) is 5.86. The molecule has 4 aromatic rings. The minimum Gasteiger partial charge on any atom is -0.496 e. The number of anilines is 1. The van der Waals surface area contributed by atoms with E-state index in [1.807, 2.05) is 18.2 Å². The third kappa shape index (κ3) is 4.22. The van der Waals surface area contributed by atoms with Crippen LogP contribution in [0.1, 0.15) is 40.6 Å². The molecule has 2 saturated carbocycles. The lowest BCUT2D eigenvalue weighted by atomic mass is 10.0. The average molecular weight is 563 g/mol. The lowest BCUT2D eigenvalue weighted by Crippen LogP contribution is -2.23. The molecule has 1 aromatic carbocycles. The number of carboxylic acid groups (broad SMARTS) is 1. The van der Waals surface area contributed by atoms with Gasteiger partial charge in [-0.25, -0.2) is 9.78 Å². The molecule has 1 saturated heterocycles. The molecule has 8 nitrogen and oxygen atoms in total. The summed E-state index contributed by atoms with van der Waals surface area (Å²) in [6.07, 6.45) is 9.78. The van der Waals surface area contributed by atoms with E-state index in [0.29, 0.717) is 56.2 Å². The molecule has 2 unspecified atom stereocenters. The molecule has 198 valence electrons. The number of benzene rings is 1. The highest BCUT2D eigenvalue weighted by Gasteiger charge is 2.54. The summed E-state index contributed by atoms with van der Waals surface area (Å²) in [6.45, 7) is 1.89. The first-order valence-corrected chi connectivity index (χ1v) is 13.6. The summed E-state index contributed by atoms with van der Waals surface area (Å²) in [5.74, 6) is 2.34. The van der Waals surface area contributed by atoms with Crippen molar-refractivity contribution >= 4 is 51.8 Å². The van der Waals surface area contributed by atoms with Crippen LogP contribution in [0.2, 0.25) is 10.0 Å². The van der Waals surface area contributed by atoms with Gasteiger partial charge in [-0.3, -0.25) is 4.98 Å².